The molecule has 6 nitrogen and oxygen atoms in total. The molecule has 0 unspecified atom stereocenters. The number of hydrogen-bond donors (Lipinski definition) is 1. The normalized spacial score (nSPS) is 9.46. The maximum Gasteiger partial charge on any atom is 0.420 e. The first-order valence-corrected chi connectivity index (χ1v) is 3.51. The van der Waals surface area contributed by atoms with Crippen LogP contribution in [0.5, 0.6) is 0 Å². The first-order chi connectivity index (χ1) is 5.95. The largest absolute Gasteiger partial charge is 0.473 e. The van der Waals surface area contributed by atoms with Crippen LogP contribution in [0.15, 0.2) is 0 Å². The molecule has 0 saturated heterocycles. The van der Waals surface area contributed by atoms with Crippen molar-refractivity contribution < 1.29 is 29.0 Å². The molecule has 0 aromatic heterocycles. The summed E-state index contributed by atoms with van der Waals surface area (Å²) in [6, 6.07) is 0. The van der Waals surface area contributed by atoms with Crippen molar-refractivity contribution in [1.82, 2.24) is 0 Å². The van der Waals surface area contributed by atoms with Crippen molar-refractivity contribution in [2.75, 3.05) is 6.79 Å². The summed E-state index contributed by atoms with van der Waals surface area (Å²) in [6.45, 7) is 2.53. The van der Waals surface area contributed by atoms with Gasteiger partial charge >= 0.3 is 17.9 Å². The third kappa shape index (κ3) is 4.78. The Hall–Kier alpha value is -1.59. The summed E-state index contributed by atoms with van der Waals surface area (Å²) in [6.07, 6.45) is 0. The SMILES string of the molecule is CC(C)C(=O)OCOC(=O)C(=O)O. The minimum Gasteiger partial charge on any atom is -0.473 e. The number of carbonyl (C=O) groups excluding carboxylic acids is 2. The first-order valence-electron chi connectivity index (χ1n) is 3.51. The van der Waals surface area contributed by atoms with Gasteiger partial charge in [0.05, 0.1) is 5.92 Å². The molecule has 0 radical (unpaired) electrons. The molecular weight excluding hydrogens is 180 g/mol. The van der Waals surface area contributed by atoms with Gasteiger partial charge in [0.2, 0.25) is 6.79 Å². The summed E-state index contributed by atoms with van der Waals surface area (Å²) in [7, 11) is 0. The molecule has 0 fully saturated rings. The molecule has 0 atom stereocenters. The summed E-state index contributed by atoms with van der Waals surface area (Å²) in [4.78, 5) is 30.9. The van der Waals surface area contributed by atoms with Crippen LogP contribution in [-0.4, -0.2) is 29.8 Å². The minimum absolute atomic E-state index is 0.344. The third-order valence-corrected chi connectivity index (χ3v) is 1.04. The summed E-state index contributed by atoms with van der Waals surface area (Å²) >= 11 is 0. The average Bonchev–Trinajstić information content (AvgIpc) is 2.03. The zero-order valence-corrected chi connectivity index (χ0v) is 7.27. The standard InChI is InChI=1S/C7H10O6/c1-4(2)6(10)12-3-13-7(11)5(8)9/h4H,3H2,1-2H3,(H,8,9). The van der Waals surface area contributed by atoms with Gasteiger partial charge in [-0.2, -0.15) is 0 Å². The minimum atomic E-state index is -1.72. The maximum atomic E-state index is 10.7. The van der Waals surface area contributed by atoms with E-state index in [9.17, 15) is 14.4 Å². The van der Waals surface area contributed by atoms with Crippen molar-refractivity contribution in [3.63, 3.8) is 0 Å². The van der Waals surface area contributed by atoms with Crippen molar-refractivity contribution in [1.29, 1.82) is 0 Å². The van der Waals surface area contributed by atoms with Crippen LogP contribution in [0.4, 0.5) is 0 Å². The molecule has 1 N–H and O–H groups in total. The van der Waals surface area contributed by atoms with Crippen molar-refractivity contribution in [2.45, 2.75) is 13.8 Å². The fraction of sp³-hybridized carbons (Fsp3) is 0.571. The number of rotatable bonds is 3. The van der Waals surface area contributed by atoms with Gasteiger partial charge < -0.3 is 14.6 Å². The molecule has 0 aliphatic rings. The molecule has 0 aromatic rings. The topological polar surface area (TPSA) is 89.9 Å². The zero-order valence-electron chi connectivity index (χ0n) is 7.27. The van der Waals surface area contributed by atoms with Crippen LogP contribution in [0.2, 0.25) is 0 Å². The molecule has 0 rings (SSSR count). The smallest absolute Gasteiger partial charge is 0.420 e. The second-order valence-electron chi connectivity index (χ2n) is 2.47. The highest BCUT2D eigenvalue weighted by atomic mass is 16.7. The van der Waals surface area contributed by atoms with Gasteiger partial charge in [-0.25, -0.2) is 9.59 Å². The van der Waals surface area contributed by atoms with E-state index in [0.29, 0.717) is 0 Å². The number of ether oxygens (including phenoxy) is 2. The lowest BCUT2D eigenvalue weighted by Gasteiger charge is -2.05. The van der Waals surface area contributed by atoms with Crippen LogP contribution in [0.25, 0.3) is 0 Å². The van der Waals surface area contributed by atoms with E-state index in [4.69, 9.17) is 5.11 Å². The molecule has 0 spiro atoms. The molecule has 0 bridgehead atoms. The van der Waals surface area contributed by atoms with Gasteiger partial charge in [0.1, 0.15) is 0 Å². The monoisotopic (exact) mass is 190 g/mol. The number of carboxylic acid groups (broad SMARTS) is 1. The summed E-state index contributed by atoms with van der Waals surface area (Å²) in [5, 5.41) is 8.04. The molecule has 13 heavy (non-hydrogen) atoms. The quantitative estimate of drug-likeness (QED) is 0.375. The fourth-order valence-corrected chi connectivity index (χ4v) is 0.369. The van der Waals surface area contributed by atoms with E-state index in [1.165, 1.54) is 0 Å². The van der Waals surface area contributed by atoms with E-state index in [-0.39, 0.29) is 5.92 Å². The molecule has 0 aromatic carbocycles. The predicted octanol–water partition coefficient (Wildman–Crippen LogP) is -0.229. The average molecular weight is 190 g/mol. The first kappa shape index (κ1) is 11.4. The summed E-state index contributed by atoms with van der Waals surface area (Å²) < 4.78 is 8.42. The Balaban J connectivity index is 3.63. The molecule has 0 heterocycles. The van der Waals surface area contributed by atoms with Crippen LogP contribution in [0, 0.1) is 5.92 Å². The Kier molecular flexibility index (Phi) is 4.50. The molecular formula is C7H10O6. The Labute approximate surface area is 74.4 Å². The number of esters is 2. The molecule has 0 aliphatic carbocycles. The van der Waals surface area contributed by atoms with E-state index >= 15 is 0 Å². The highest BCUT2D eigenvalue weighted by molar-refractivity contribution is 6.28. The number of carbonyl (C=O) groups is 3. The highest BCUT2D eigenvalue weighted by Gasteiger charge is 2.14. The lowest BCUT2D eigenvalue weighted by atomic mass is 10.2. The summed E-state index contributed by atoms with van der Waals surface area (Å²) in [5.74, 6) is -4.07. The number of carboxylic acids is 1. The Morgan fingerprint density at radius 2 is 1.77 bits per heavy atom. The van der Waals surface area contributed by atoms with Gasteiger partial charge in [0.15, 0.2) is 0 Å². The van der Waals surface area contributed by atoms with Gasteiger partial charge in [-0.05, 0) is 0 Å². The van der Waals surface area contributed by atoms with E-state index in [1.54, 1.807) is 13.8 Å². The molecule has 0 saturated carbocycles. The second-order valence-corrected chi connectivity index (χ2v) is 2.47. The van der Waals surface area contributed by atoms with E-state index in [2.05, 4.69) is 9.47 Å². The van der Waals surface area contributed by atoms with Crippen LogP contribution in [0.3, 0.4) is 0 Å². The van der Waals surface area contributed by atoms with E-state index < -0.39 is 24.7 Å². The fourth-order valence-electron chi connectivity index (χ4n) is 0.369. The Bertz CT molecular complexity index is 219. The van der Waals surface area contributed by atoms with Crippen LogP contribution >= 0.6 is 0 Å². The van der Waals surface area contributed by atoms with E-state index in [0.717, 1.165) is 0 Å². The van der Waals surface area contributed by atoms with Gasteiger partial charge in [-0.15, -0.1) is 0 Å². The van der Waals surface area contributed by atoms with Crippen molar-refractivity contribution in [3.8, 4) is 0 Å². The van der Waals surface area contributed by atoms with Gasteiger partial charge in [-0.1, -0.05) is 13.8 Å². The third-order valence-electron chi connectivity index (χ3n) is 1.04. The lowest BCUT2D eigenvalue weighted by molar-refractivity contribution is -0.177. The van der Waals surface area contributed by atoms with Gasteiger partial charge in [-0.3, -0.25) is 4.79 Å². The van der Waals surface area contributed by atoms with E-state index in [1.807, 2.05) is 0 Å². The van der Waals surface area contributed by atoms with Crippen molar-refractivity contribution >= 4 is 17.9 Å². The van der Waals surface area contributed by atoms with Crippen molar-refractivity contribution in [3.05, 3.63) is 0 Å². The number of hydrogen-bond acceptors (Lipinski definition) is 5. The van der Waals surface area contributed by atoms with Crippen LogP contribution in [-0.2, 0) is 23.9 Å². The highest BCUT2D eigenvalue weighted by Crippen LogP contribution is 1.95. The zero-order chi connectivity index (χ0) is 10.4. The maximum absolute atomic E-state index is 10.7. The molecule has 0 aliphatic heterocycles. The summed E-state index contributed by atoms with van der Waals surface area (Å²) in [5.41, 5.74) is 0. The Morgan fingerprint density at radius 1 is 1.23 bits per heavy atom. The van der Waals surface area contributed by atoms with Crippen LogP contribution in [0.1, 0.15) is 13.8 Å². The second kappa shape index (κ2) is 5.13. The molecule has 74 valence electrons. The lowest BCUT2D eigenvalue weighted by Crippen LogP contribution is -2.21. The van der Waals surface area contributed by atoms with Crippen molar-refractivity contribution in [2.24, 2.45) is 5.92 Å². The van der Waals surface area contributed by atoms with Crippen LogP contribution < -0.4 is 0 Å². The predicted molar refractivity (Wildman–Crippen MR) is 39.5 cm³/mol. The van der Waals surface area contributed by atoms with Gasteiger partial charge in [0, 0.05) is 0 Å². The molecule has 0 amide bonds. The number of aliphatic carboxylic acids is 1. The van der Waals surface area contributed by atoms with Gasteiger partial charge in [0.25, 0.3) is 0 Å². The molecule has 6 heteroatoms. The Morgan fingerprint density at radius 3 is 2.15 bits per heavy atom.